The molecule has 6 nitrogen and oxygen atoms in total. The van der Waals surface area contributed by atoms with E-state index >= 15 is 0 Å². The predicted molar refractivity (Wildman–Crippen MR) is 132 cm³/mol. The Labute approximate surface area is 198 Å². The van der Waals surface area contributed by atoms with Gasteiger partial charge in [0.15, 0.2) is 10.9 Å². The molecule has 3 aromatic heterocycles. The number of amides is 2. The molecule has 0 aliphatic heterocycles. The van der Waals surface area contributed by atoms with Crippen LogP contribution in [0.4, 0.5) is 10.1 Å². The van der Waals surface area contributed by atoms with Crippen LogP contribution in [0.3, 0.4) is 0 Å². The quantitative estimate of drug-likeness (QED) is 0.310. The smallest absolute Gasteiger partial charge is 0.291 e. The zero-order valence-corrected chi connectivity index (χ0v) is 19.1. The highest BCUT2D eigenvalue weighted by atomic mass is 32.1. The Morgan fingerprint density at radius 2 is 1.73 bits per heavy atom. The average molecular weight is 474 g/mol. The molecule has 0 saturated heterocycles. The van der Waals surface area contributed by atoms with Crippen molar-refractivity contribution in [3.8, 4) is 0 Å². The number of thiazole rings is 1. The minimum absolute atomic E-state index is 0.145. The van der Waals surface area contributed by atoms with Crippen LogP contribution in [0.2, 0.25) is 0 Å². The van der Waals surface area contributed by atoms with Gasteiger partial charge in [-0.1, -0.05) is 53.8 Å². The van der Waals surface area contributed by atoms with Crippen LogP contribution < -0.4 is 10.2 Å². The Morgan fingerprint density at radius 3 is 2.52 bits per heavy atom. The number of carbonyl (C=O) groups excluding carboxylic acids is 2. The van der Waals surface area contributed by atoms with Crippen LogP contribution in [-0.2, 0) is 6.42 Å². The van der Waals surface area contributed by atoms with Gasteiger partial charge in [-0.3, -0.25) is 14.5 Å². The van der Waals surface area contributed by atoms with Gasteiger partial charge in [-0.2, -0.15) is 0 Å². The third kappa shape index (κ3) is 4.72. The van der Waals surface area contributed by atoms with Crippen LogP contribution in [0.5, 0.6) is 0 Å². The number of furan rings is 1. The summed E-state index contributed by atoms with van der Waals surface area (Å²) in [6.07, 6.45) is 2.15. The summed E-state index contributed by atoms with van der Waals surface area (Å²) in [5.74, 6) is -0.281. The maximum atomic E-state index is 13.5. The minimum atomic E-state index is -0.354. The zero-order valence-electron chi connectivity index (χ0n) is 17.4. The van der Waals surface area contributed by atoms with E-state index in [0.29, 0.717) is 28.0 Å². The molecule has 2 amide bonds. The highest BCUT2D eigenvalue weighted by molar-refractivity contribution is 7.22. The Kier molecular flexibility index (Phi) is 6.01. The first-order valence-corrected chi connectivity index (χ1v) is 12.0. The van der Waals surface area contributed by atoms with Crippen molar-refractivity contribution >= 4 is 54.8 Å². The van der Waals surface area contributed by atoms with Crippen LogP contribution in [0.25, 0.3) is 10.2 Å². The number of hydrogen-bond donors (Lipinski definition) is 1. The van der Waals surface area contributed by atoms with Crippen molar-refractivity contribution in [2.24, 2.45) is 0 Å². The van der Waals surface area contributed by atoms with E-state index in [-0.39, 0.29) is 17.6 Å². The molecule has 164 valence electrons. The molecule has 0 spiro atoms. The first-order valence-electron chi connectivity index (χ1n) is 10.3. The normalized spacial score (nSPS) is 10.9. The molecule has 0 fully saturated rings. The molecular weight excluding hydrogens is 454 g/mol. The molecular formula is C25H19N3O3S2. The van der Waals surface area contributed by atoms with Gasteiger partial charge >= 0.3 is 0 Å². The van der Waals surface area contributed by atoms with Gasteiger partial charge in [0.2, 0.25) is 0 Å². The van der Waals surface area contributed by atoms with Gasteiger partial charge in [-0.25, -0.2) is 4.98 Å². The van der Waals surface area contributed by atoms with Crippen molar-refractivity contribution < 1.29 is 14.0 Å². The van der Waals surface area contributed by atoms with Gasteiger partial charge in [0, 0.05) is 6.54 Å². The summed E-state index contributed by atoms with van der Waals surface area (Å²) in [7, 11) is 0. The molecule has 0 aliphatic carbocycles. The molecule has 5 rings (SSSR count). The monoisotopic (exact) mass is 473 g/mol. The lowest BCUT2D eigenvalue weighted by Gasteiger charge is -2.19. The standard InChI is InChI=1S/C25H19N3O3S2/c29-23(19-10-6-16-31-19)27-22-13-12-21(32-22)24(30)28(15-14-17-7-2-1-3-8-17)25-26-18-9-4-5-11-20(18)33-25/h1-13,16H,14-15H2,(H,27,29). The molecule has 8 heteroatoms. The molecule has 0 saturated carbocycles. The van der Waals surface area contributed by atoms with Crippen LogP contribution in [0.1, 0.15) is 25.8 Å². The molecule has 0 unspecified atom stereocenters. The second-order valence-corrected chi connectivity index (χ2v) is 9.34. The number of rotatable bonds is 7. The Balaban J connectivity index is 1.40. The van der Waals surface area contributed by atoms with Gasteiger partial charge < -0.3 is 9.73 Å². The number of fused-ring (bicyclic) bond motifs is 1. The average Bonchev–Trinajstić information content (AvgIpc) is 3.60. The third-order valence-electron chi connectivity index (χ3n) is 5.02. The molecule has 1 N–H and O–H groups in total. The van der Waals surface area contributed by atoms with Gasteiger partial charge in [-0.05, 0) is 48.4 Å². The van der Waals surface area contributed by atoms with Crippen molar-refractivity contribution in [2.45, 2.75) is 6.42 Å². The lowest BCUT2D eigenvalue weighted by molar-refractivity contribution is 0.0985. The summed E-state index contributed by atoms with van der Waals surface area (Å²) < 4.78 is 6.16. The van der Waals surface area contributed by atoms with Gasteiger partial charge in [-0.15, -0.1) is 11.3 Å². The Bertz CT molecular complexity index is 1360. The number of benzene rings is 2. The first kappa shape index (κ1) is 21.1. The highest BCUT2D eigenvalue weighted by Gasteiger charge is 2.23. The number of nitrogens with zero attached hydrogens (tertiary/aromatic N) is 2. The maximum absolute atomic E-state index is 13.5. The lowest BCUT2D eigenvalue weighted by Crippen LogP contribution is -2.32. The van der Waals surface area contributed by atoms with Gasteiger partial charge in [0.05, 0.1) is 26.4 Å². The lowest BCUT2D eigenvalue weighted by atomic mass is 10.1. The number of nitrogens with one attached hydrogen (secondary N) is 1. The molecule has 3 heterocycles. The van der Waals surface area contributed by atoms with Crippen molar-refractivity contribution in [3.63, 3.8) is 0 Å². The maximum Gasteiger partial charge on any atom is 0.291 e. The molecule has 0 aliphatic rings. The number of hydrogen-bond acceptors (Lipinski definition) is 6. The zero-order chi connectivity index (χ0) is 22.6. The minimum Gasteiger partial charge on any atom is -0.459 e. The number of aromatic nitrogens is 1. The largest absolute Gasteiger partial charge is 0.459 e. The highest BCUT2D eigenvalue weighted by Crippen LogP contribution is 2.31. The summed E-state index contributed by atoms with van der Waals surface area (Å²) in [4.78, 5) is 32.8. The second kappa shape index (κ2) is 9.40. The number of thiophene rings is 1. The van der Waals surface area contributed by atoms with E-state index in [1.54, 1.807) is 29.2 Å². The SMILES string of the molecule is O=C(Nc1ccc(C(=O)N(CCc2ccccc2)c2nc3ccccc3s2)s1)c1ccco1. The fourth-order valence-corrected chi connectivity index (χ4v) is 5.22. The summed E-state index contributed by atoms with van der Waals surface area (Å²) in [5.41, 5.74) is 2.02. The number of para-hydroxylation sites is 1. The van der Waals surface area contributed by atoms with E-state index in [4.69, 9.17) is 9.40 Å². The van der Waals surface area contributed by atoms with E-state index in [1.165, 1.54) is 28.9 Å². The first-order chi connectivity index (χ1) is 16.2. The summed E-state index contributed by atoms with van der Waals surface area (Å²) in [6, 6.07) is 24.6. The van der Waals surface area contributed by atoms with E-state index in [9.17, 15) is 9.59 Å². The molecule has 2 aromatic carbocycles. The van der Waals surface area contributed by atoms with E-state index in [1.807, 2.05) is 42.5 Å². The summed E-state index contributed by atoms with van der Waals surface area (Å²) in [5, 5.41) is 4.01. The van der Waals surface area contributed by atoms with Crippen LogP contribution in [0.15, 0.2) is 89.5 Å². The van der Waals surface area contributed by atoms with Crippen molar-refractivity contribution in [1.82, 2.24) is 4.98 Å². The predicted octanol–water partition coefficient (Wildman–Crippen LogP) is 6.09. The molecule has 33 heavy (non-hydrogen) atoms. The summed E-state index contributed by atoms with van der Waals surface area (Å²) >= 11 is 2.73. The Morgan fingerprint density at radius 1 is 0.909 bits per heavy atom. The second-order valence-electron chi connectivity index (χ2n) is 7.25. The van der Waals surface area contributed by atoms with Crippen LogP contribution in [0, 0.1) is 0 Å². The van der Waals surface area contributed by atoms with Crippen LogP contribution >= 0.6 is 22.7 Å². The number of anilines is 2. The third-order valence-corrected chi connectivity index (χ3v) is 7.07. The van der Waals surface area contributed by atoms with Crippen LogP contribution in [-0.4, -0.2) is 23.3 Å². The van der Waals surface area contributed by atoms with E-state index in [2.05, 4.69) is 17.4 Å². The van der Waals surface area contributed by atoms with Crippen molar-refractivity contribution in [3.05, 3.63) is 101 Å². The molecule has 0 radical (unpaired) electrons. The topological polar surface area (TPSA) is 75.4 Å². The fourth-order valence-electron chi connectivity index (χ4n) is 3.38. The molecule has 5 aromatic rings. The fraction of sp³-hybridized carbons (Fsp3) is 0.0800. The van der Waals surface area contributed by atoms with Gasteiger partial charge in [0.1, 0.15) is 0 Å². The Hall–Kier alpha value is -3.75. The van der Waals surface area contributed by atoms with E-state index < -0.39 is 0 Å². The van der Waals surface area contributed by atoms with Crippen molar-refractivity contribution in [1.29, 1.82) is 0 Å². The van der Waals surface area contributed by atoms with Gasteiger partial charge in [0.25, 0.3) is 11.8 Å². The molecule has 0 bridgehead atoms. The van der Waals surface area contributed by atoms with E-state index in [0.717, 1.165) is 15.8 Å². The molecule has 0 atom stereocenters. The van der Waals surface area contributed by atoms with Crippen molar-refractivity contribution in [2.75, 3.05) is 16.8 Å². The number of carbonyl (C=O) groups is 2. The summed E-state index contributed by atoms with van der Waals surface area (Å²) in [6.45, 7) is 0.495.